The highest BCUT2D eigenvalue weighted by atomic mass is 16.5. The van der Waals surface area contributed by atoms with Gasteiger partial charge in [-0.2, -0.15) is 0 Å². The second kappa shape index (κ2) is 7.43. The topological polar surface area (TPSA) is 67.6 Å². The normalized spacial score (nSPS) is 15.5. The van der Waals surface area contributed by atoms with Crippen molar-refractivity contribution in [3.8, 4) is 0 Å². The number of benzene rings is 1. The molecule has 1 aromatic rings. The molecule has 1 aliphatic rings. The molecule has 0 aromatic heterocycles. The van der Waals surface area contributed by atoms with E-state index in [0.29, 0.717) is 19.7 Å². The van der Waals surface area contributed by atoms with Crippen molar-refractivity contribution in [2.75, 3.05) is 38.3 Å². The van der Waals surface area contributed by atoms with Crippen molar-refractivity contribution in [2.45, 2.75) is 25.8 Å². The number of amides is 1. The van der Waals surface area contributed by atoms with Crippen LogP contribution in [-0.4, -0.2) is 39.3 Å². The van der Waals surface area contributed by atoms with Crippen LogP contribution >= 0.6 is 0 Å². The first kappa shape index (κ1) is 15.8. The molecule has 5 nitrogen and oxygen atoms in total. The Balaban J connectivity index is 2.02. The predicted molar refractivity (Wildman–Crippen MR) is 84.5 cm³/mol. The van der Waals surface area contributed by atoms with Crippen LogP contribution in [-0.2, 0) is 16.0 Å². The third kappa shape index (κ3) is 4.19. The number of nitrogens with two attached hydrogens (primary N) is 1. The maximum atomic E-state index is 11.9. The van der Waals surface area contributed by atoms with E-state index in [0.717, 1.165) is 30.6 Å². The molecule has 0 fully saturated rings. The lowest BCUT2D eigenvalue weighted by Crippen LogP contribution is -2.40. The van der Waals surface area contributed by atoms with Gasteiger partial charge in [0.2, 0.25) is 5.91 Å². The summed E-state index contributed by atoms with van der Waals surface area (Å²) in [6, 6.07) is 6.37. The van der Waals surface area contributed by atoms with Gasteiger partial charge in [0.05, 0.1) is 13.2 Å². The zero-order valence-corrected chi connectivity index (χ0v) is 12.9. The molecule has 0 aliphatic carbocycles. The number of rotatable bonds is 6. The summed E-state index contributed by atoms with van der Waals surface area (Å²) < 4.78 is 4.93. The van der Waals surface area contributed by atoms with Gasteiger partial charge >= 0.3 is 0 Å². The Morgan fingerprint density at radius 1 is 1.52 bits per heavy atom. The number of carbonyl (C=O) groups excluding carboxylic acids is 1. The molecule has 116 valence electrons. The lowest BCUT2D eigenvalue weighted by molar-refractivity contribution is -0.120. The summed E-state index contributed by atoms with van der Waals surface area (Å²) in [7, 11) is 1.63. The van der Waals surface area contributed by atoms with Crippen molar-refractivity contribution in [2.24, 2.45) is 5.73 Å². The Morgan fingerprint density at radius 3 is 3.05 bits per heavy atom. The number of methoxy groups -OCH3 is 1. The number of hydrogen-bond donors (Lipinski definition) is 2. The highest BCUT2D eigenvalue weighted by molar-refractivity contribution is 5.81. The Hall–Kier alpha value is -1.59. The number of nitrogens with zero attached hydrogens (tertiary/aromatic N) is 1. The van der Waals surface area contributed by atoms with Crippen LogP contribution in [0.3, 0.4) is 0 Å². The molecule has 0 radical (unpaired) electrons. The number of fused-ring (bicyclic) bond motifs is 1. The van der Waals surface area contributed by atoms with Crippen LogP contribution in [0.25, 0.3) is 0 Å². The van der Waals surface area contributed by atoms with Gasteiger partial charge in [0.25, 0.3) is 0 Å². The van der Waals surface area contributed by atoms with E-state index in [1.165, 1.54) is 5.56 Å². The maximum absolute atomic E-state index is 11.9. The molecule has 1 heterocycles. The zero-order valence-electron chi connectivity index (χ0n) is 12.9. The second-order valence-electron chi connectivity index (χ2n) is 5.54. The van der Waals surface area contributed by atoms with E-state index < -0.39 is 0 Å². The van der Waals surface area contributed by atoms with Crippen LogP contribution in [0.4, 0.5) is 5.69 Å². The summed E-state index contributed by atoms with van der Waals surface area (Å²) in [5, 5.41) is 2.87. The fraction of sp³-hybridized carbons (Fsp3) is 0.562. The largest absolute Gasteiger partial charge is 0.383 e. The minimum Gasteiger partial charge on any atom is -0.383 e. The quantitative estimate of drug-likeness (QED) is 0.773. The third-order valence-electron chi connectivity index (χ3n) is 3.81. The molecule has 5 heteroatoms. The van der Waals surface area contributed by atoms with Gasteiger partial charge in [0.15, 0.2) is 0 Å². The van der Waals surface area contributed by atoms with Crippen LogP contribution in [0.2, 0.25) is 0 Å². The predicted octanol–water partition coefficient (Wildman–Crippen LogP) is 1.22. The van der Waals surface area contributed by atoms with Crippen molar-refractivity contribution in [3.63, 3.8) is 0 Å². The highest BCUT2D eigenvalue weighted by Crippen LogP contribution is 2.29. The fourth-order valence-corrected chi connectivity index (χ4v) is 2.66. The molecule has 3 N–H and O–H groups in total. The first-order valence-electron chi connectivity index (χ1n) is 7.51. The standard InChI is InChI=1S/C16H25N3O2/c1-12(17)13-5-6-15-14(10-13)4-3-8-19(15)11-16(20)18-7-9-21-2/h5-6,10,12H,3-4,7-9,11,17H2,1-2H3,(H,18,20). The minimum absolute atomic E-state index is 0.0381. The molecular weight excluding hydrogens is 266 g/mol. The van der Waals surface area contributed by atoms with Gasteiger partial charge in [-0.25, -0.2) is 0 Å². The Bertz CT molecular complexity index is 488. The smallest absolute Gasteiger partial charge is 0.239 e. The number of nitrogens with one attached hydrogen (secondary N) is 1. The first-order chi connectivity index (χ1) is 10.1. The summed E-state index contributed by atoms with van der Waals surface area (Å²) in [5.41, 5.74) is 9.55. The second-order valence-corrected chi connectivity index (χ2v) is 5.54. The van der Waals surface area contributed by atoms with E-state index in [2.05, 4.69) is 28.4 Å². The van der Waals surface area contributed by atoms with Crippen LogP contribution < -0.4 is 16.0 Å². The minimum atomic E-state index is 0.0381. The molecule has 21 heavy (non-hydrogen) atoms. The Morgan fingerprint density at radius 2 is 2.33 bits per heavy atom. The number of aryl methyl sites for hydroxylation is 1. The van der Waals surface area contributed by atoms with Crippen LogP contribution in [0.15, 0.2) is 18.2 Å². The van der Waals surface area contributed by atoms with Crippen LogP contribution in [0, 0.1) is 0 Å². The molecule has 0 spiro atoms. The van der Waals surface area contributed by atoms with Crippen molar-refractivity contribution in [1.29, 1.82) is 0 Å². The van der Waals surface area contributed by atoms with Gasteiger partial charge in [-0.1, -0.05) is 12.1 Å². The van der Waals surface area contributed by atoms with E-state index in [1.54, 1.807) is 7.11 Å². The third-order valence-corrected chi connectivity index (χ3v) is 3.81. The molecule has 0 saturated carbocycles. The molecule has 1 aliphatic heterocycles. The lowest BCUT2D eigenvalue weighted by atomic mass is 9.97. The summed E-state index contributed by atoms with van der Waals surface area (Å²) in [6.45, 7) is 4.40. The average molecular weight is 291 g/mol. The zero-order chi connectivity index (χ0) is 15.2. The van der Waals surface area contributed by atoms with Gasteiger partial charge in [-0.05, 0) is 37.0 Å². The molecule has 1 atom stereocenters. The summed E-state index contributed by atoms with van der Waals surface area (Å²) in [5.74, 6) is 0.0381. The SMILES string of the molecule is COCCNC(=O)CN1CCCc2cc(C(C)N)ccc21. The molecule has 1 aromatic carbocycles. The number of carbonyl (C=O) groups is 1. The Kier molecular flexibility index (Phi) is 5.59. The summed E-state index contributed by atoms with van der Waals surface area (Å²) in [6.07, 6.45) is 2.12. The van der Waals surface area contributed by atoms with Crippen LogP contribution in [0.5, 0.6) is 0 Å². The lowest BCUT2D eigenvalue weighted by Gasteiger charge is -2.31. The van der Waals surface area contributed by atoms with Crippen molar-refractivity contribution >= 4 is 11.6 Å². The molecule has 0 saturated heterocycles. The van der Waals surface area contributed by atoms with Crippen molar-refractivity contribution in [3.05, 3.63) is 29.3 Å². The Labute approximate surface area is 126 Å². The van der Waals surface area contributed by atoms with Gasteiger partial charge < -0.3 is 20.7 Å². The number of anilines is 1. The fourth-order valence-electron chi connectivity index (χ4n) is 2.66. The highest BCUT2D eigenvalue weighted by Gasteiger charge is 2.19. The molecular formula is C16H25N3O2. The van der Waals surface area contributed by atoms with Gasteiger partial charge in [0, 0.05) is 31.9 Å². The van der Waals surface area contributed by atoms with Crippen molar-refractivity contribution < 1.29 is 9.53 Å². The number of ether oxygens (including phenoxy) is 1. The summed E-state index contributed by atoms with van der Waals surface area (Å²) in [4.78, 5) is 14.1. The first-order valence-corrected chi connectivity index (χ1v) is 7.51. The molecule has 1 amide bonds. The van der Waals surface area contributed by atoms with Gasteiger partial charge in [0.1, 0.15) is 0 Å². The molecule has 1 unspecified atom stereocenters. The molecule has 2 rings (SSSR count). The van der Waals surface area contributed by atoms with Crippen LogP contribution in [0.1, 0.15) is 30.5 Å². The number of hydrogen-bond acceptors (Lipinski definition) is 4. The average Bonchev–Trinajstić information content (AvgIpc) is 2.47. The van der Waals surface area contributed by atoms with E-state index in [1.807, 2.05) is 6.92 Å². The van der Waals surface area contributed by atoms with E-state index in [4.69, 9.17) is 10.5 Å². The molecule has 0 bridgehead atoms. The maximum Gasteiger partial charge on any atom is 0.239 e. The van der Waals surface area contributed by atoms with E-state index in [-0.39, 0.29) is 11.9 Å². The van der Waals surface area contributed by atoms with Gasteiger partial charge in [-0.3, -0.25) is 4.79 Å². The monoisotopic (exact) mass is 291 g/mol. The van der Waals surface area contributed by atoms with Gasteiger partial charge in [-0.15, -0.1) is 0 Å². The summed E-state index contributed by atoms with van der Waals surface area (Å²) >= 11 is 0. The van der Waals surface area contributed by atoms with Crippen molar-refractivity contribution in [1.82, 2.24) is 5.32 Å². The van der Waals surface area contributed by atoms with E-state index >= 15 is 0 Å². The van der Waals surface area contributed by atoms with E-state index in [9.17, 15) is 4.79 Å².